The van der Waals surface area contributed by atoms with Crippen molar-refractivity contribution in [3.05, 3.63) is 0 Å². The van der Waals surface area contributed by atoms with Crippen molar-refractivity contribution in [3.8, 4) is 0 Å². The van der Waals surface area contributed by atoms with Gasteiger partial charge in [0.25, 0.3) is 0 Å². The number of hydrogen-bond donors (Lipinski definition) is 0. The lowest BCUT2D eigenvalue weighted by atomic mass is 10.1. The van der Waals surface area contributed by atoms with Crippen molar-refractivity contribution in [3.63, 3.8) is 0 Å². The summed E-state index contributed by atoms with van der Waals surface area (Å²) < 4.78 is 10.3. The highest BCUT2D eigenvalue weighted by molar-refractivity contribution is 5.69. The zero-order valence-corrected chi connectivity index (χ0v) is 7.71. The molecule has 1 saturated heterocycles. The molecular formula is C9H16O3. The molecule has 1 rings (SSSR count). The highest BCUT2D eigenvalue weighted by Gasteiger charge is 2.24. The van der Waals surface area contributed by atoms with Crippen LogP contribution in [0.1, 0.15) is 33.1 Å². The fourth-order valence-corrected chi connectivity index (χ4v) is 1.44. The summed E-state index contributed by atoms with van der Waals surface area (Å²) in [4.78, 5) is 11.0. The van der Waals surface area contributed by atoms with E-state index in [1.54, 1.807) is 0 Å². The predicted molar refractivity (Wildman–Crippen MR) is 44.8 cm³/mol. The summed E-state index contributed by atoms with van der Waals surface area (Å²) in [5, 5.41) is 0. The van der Waals surface area contributed by atoms with E-state index in [1.165, 1.54) is 0 Å². The summed E-state index contributed by atoms with van der Waals surface area (Å²) in [7, 11) is 0. The van der Waals surface area contributed by atoms with E-state index in [4.69, 9.17) is 9.47 Å². The van der Waals surface area contributed by atoms with Gasteiger partial charge in [0.15, 0.2) is 0 Å². The highest BCUT2D eigenvalue weighted by Crippen LogP contribution is 2.21. The first-order chi connectivity index (χ1) is 5.72. The molecule has 0 aromatic rings. The van der Waals surface area contributed by atoms with E-state index in [0.717, 1.165) is 12.8 Å². The van der Waals surface area contributed by atoms with E-state index in [0.29, 0.717) is 19.1 Å². The lowest BCUT2D eigenvalue weighted by molar-refractivity contribution is -0.145. The molecule has 1 aliphatic heterocycles. The average Bonchev–Trinajstić information content (AvgIpc) is 2.36. The van der Waals surface area contributed by atoms with Crippen LogP contribution < -0.4 is 0 Å². The smallest absolute Gasteiger partial charge is 0.308 e. The van der Waals surface area contributed by atoms with Crippen molar-refractivity contribution in [2.75, 3.05) is 6.61 Å². The maximum Gasteiger partial charge on any atom is 0.308 e. The molecule has 1 aliphatic rings. The molecule has 0 aromatic heterocycles. The first-order valence-electron chi connectivity index (χ1n) is 4.53. The molecule has 0 bridgehead atoms. The summed E-state index contributed by atoms with van der Waals surface area (Å²) in [6.07, 6.45) is 2.87. The second-order valence-electron chi connectivity index (χ2n) is 3.16. The van der Waals surface area contributed by atoms with Gasteiger partial charge >= 0.3 is 5.97 Å². The minimum absolute atomic E-state index is 0.0963. The van der Waals surface area contributed by atoms with Crippen LogP contribution in [-0.4, -0.2) is 24.8 Å². The summed E-state index contributed by atoms with van der Waals surface area (Å²) in [5.74, 6) is -0.142. The van der Waals surface area contributed by atoms with Crippen molar-refractivity contribution in [2.45, 2.75) is 45.3 Å². The molecule has 0 amide bonds. The molecule has 1 heterocycles. The zero-order valence-electron chi connectivity index (χ0n) is 7.71. The number of esters is 1. The largest absolute Gasteiger partial charge is 0.466 e. The Bertz CT molecular complexity index is 156. The lowest BCUT2D eigenvalue weighted by Crippen LogP contribution is -2.16. The summed E-state index contributed by atoms with van der Waals surface area (Å²) >= 11 is 0. The number of ether oxygens (including phenoxy) is 2. The molecule has 0 saturated carbocycles. The Hall–Kier alpha value is -0.570. The Morgan fingerprint density at radius 3 is 2.83 bits per heavy atom. The Morgan fingerprint density at radius 2 is 2.33 bits per heavy atom. The van der Waals surface area contributed by atoms with Crippen LogP contribution in [0.15, 0.2) is 0 Å². The Balaban J connectivity index is 2.18. The molecule has 0 N–H and O–H groups in total. The van der Waals surface area contributed by atoms with E-state index < -0.39 is 0 Å². The number of hydrogen-bond acceptors (Lipinski definition) is 3. The van der Waals surface area contributed by atoms with Crippen LogP contribution in [0.3, 0.4) is 0 Å². The fraction of sp³-hybridized carbons (Fsp3) is 0.889. The molecule has 0 radical (unpaired) electrons. The van der Waals surface area contributed by atoms with Gasteiger partial charge in [0.05, 0.1) is 25.2 Å². The third-order valence-electron chi connectivity index (χ3n) is 2.02. The van der Waals surface area contributed by atoms with E-state index in [9.17, 15) is 4.79 Å². The van der Waals surface area contributed by atoms with Gasteiger partial charge < -0.3 is 9.47 Å². The van der Waals surface area contributed by atoms with Gasteiger partial charge in [0.2, 0.25) is 0 Å². The molecule has 12 heavy (non-hydrogen) atoms. The third kappa shape index (κ3) is 2.81. The minimum atomic E-state index is -0.142. The first kappa shape index (κ1) is 9.52. The second kappa shape index (κ2) is 4.45. The monoisotopic (exact) mass is 172 g/mol. The van der Waals surface area contributed by atoms with Gasteiger partial charge in [-0.25, -0.2) is 0 Å². The van der Waals surface area contributed by atoms with Crippen LogP contribution in [0.5, 0.6) is 0 Å². The van der Waals surface area contributed by atoms with E-state index in [1.807, 2.05) is 13.8 Å². The fourth-order valence-electron chi connectivity index (χ4n) is 1.44. The number of rotatable bonds is 3. The van der Waals surface area contributed by atoms with E-state index in [2.05, 4.69) is 0 Å². The van der Waals surface area contributed by atoms with Crippen LogP contribution in [0.2, 0.25) is 0 Å². The third-order valence-corrected chi connectivity index (χ3v) is 2.02. The van der Waals surface area contributed by atoms with Gasteiger partial charge in [0, 0.05) is 0 Å². The van der Waals surface area contributed by atoms with Gasteiger partial charge in [-0.2, -0.15) is 0 Å². The average molecular weight is 172 g/mol. The van der Waals surface area contributed by atoms with Crippen LogP contribution in [0.4, 0.5) is 0 Å². The summed E-state index contributed by atoms with van der Waals surface area (Å²) in [5.41, 5.74) is 0. The van der Waals surface area contributed by atoms with Gasteiger partial charge in [0.1, 0.15) is 0 Å². The molecule has 3 nitrogen and oxygen atoms in total. The maximum absolute atomic E-state index is 11.0. The van der Waals surface area contributed by atoms with Gasteiger partial charge in [-0.15, -0.1) is 0 Å². The van der Waals surface area contributed by atoms with Gasteiger partial charge in [-0.1, -0.05) is 0 Å². The standard InChI is InChI=1S/C9H16O3/c1-3-11-9(10)6-8-5-4-7(2)12-8/h7-8H,3-6H2,1-2H3/t7-,8+/m1/s1. The van der Waals surface area contributed by atoms with Gasteiger partial charge in [-0.05, 0) is 26.7 Å². The maximum atomic E-state index is 11.0. The molecule has 0 spiro atoms. The highest BCUT2D eigenvalue weighted by atomic mass is 16.5. The van der Waals surface area contributed by atoms with Crippen molar-refractivity contribution in [1.82, 2.24) is 0 Å². The molecule has 2 atom stereocenters. The molecule has 1 fully saturated rings. The number of carbonyl (C=O) groups is 1. The molecule has 0 aliphatic carbocycles. The van der Waals surface area contributed by atoms with Crippen molar-refractivity contribution in [1.29, 1.82) is 0 Å². The SMILES string of the molecule is CCOC(=O)C[C@@H]1CC[C@@H](C)O1. The first-order valence-corrected chi connectivity index (χ1v) is 4.53. The summed E-state index contributed by atoms with van der Waals surface area (Å²) in [6.45, 7) is 4.31. The van der Waals surface area contributed by atoms with Gasteiger partial charge in [-0.3, -0.25) is 4.79 Å². The van der Waals surface area contributed by atoms with E-state index in [-0.39, 0.29) is 12.1 Å². The summed E-state index contributed by atoms with van der Waals surface area (Å²) in [6, 6.07) is 0. The van der Waals surface area contributed by atoms with Crippen LogP contribution in [0.25, 0.3) is 0 Å². The van der Waals surface area contributed by atoms with Crippen molar-refractivity contribution < 1.29 is 14.3 Å². The van der Waals surface area contributed by atoms with Crippen molar-refractivity contribution >= 4 is 5.97 Å². The Labute approximate surface area is 73.0 Å². The Morgan fingerprint density at radius 1 is 1.58 bits per heavy atom. The second-order valence-corrected chi connectivity index (χ2v) is 3.16. The quantitative estimate of drug-likeness (QED) is 0.605. The molecule has 0 unspecified atom stereocenters. The van der Waals surface area contributed by atoms with Crippen molar-refractivity contribution in [2.24, 2.45) is 0 Å². The number of carbonyl (C=O) groups excluding carboxylic acids is 1. The molecule has 0 aromatic carbocycles. The molecular weight excluding hydrogens is 156 g/mol. The minimum Gasteiger partial charge on any atom is -0.466 e. The van der Waals surface area contributed by atoms with Crippen LogP contribution in [-0.2, 0) is 14.3 Å². The molecule has 70 valence electrons. The molecule has 3 heteroatoms. The predicted octanol–water partition coefficient (Wildman–Crippen LogP) is 1.51. The lowest BCUT2D eigenvalue weighted by Gasteiger charge is -2.09. The zero-order chi connectivity index (χ0) is 8.97. The van der Waals surface area contributed by atoms with Crippen LogP contribution >= 0.6 is 0 Å². The topological polar surface area (TPSA) is 35.5 Å². The van der Waals surface area contributed by atoms with Crippen LogP contribution in [0, 0.1) is 0 Å². The Kier molecular flexibility index (Phi) is 3.53. The normalized spacial score (nSPS) is 28.8. The van der Waals surface area contributed by atoms with E-state index >= 15 is 0 Å².